The van der Waals surface area contributed by atoms with Gasteiger partial charge in [0, 0.05) is 15.7 Å². The van der Waals surface area contributed by atoms with Crippen molar-refractivity contribution in [1.29, 1.82) is 5.26 Å². The second-order valence-corrected chi connectivity index (χ2v) is 4.08. The first-order chi connectivity index (χ1) is 6.77. The topological polar surface area (TPSA) is 33.0 Å². The molecule has 0 atom stereocenters. The molecule has 0 bridgehead atoms. The van der Waals surface area contributed by atoms with Gasteiger partial charge >= 0.3 is 0 Å². The third kappa shape index (κ3) is 1.26. The molecule has 0 spiro atoms. The Morgan fingerprint density at radius 1 is 1.50 bits per heavy atom. The fraction of sp³-hybridized carbons (Fsp3) is 0.100. The van der Waals surface area contributed by atoms with Gasteiger partial charge in [-0.25, -0.2) is 0 Å². The minimum Gasteiger partial charge on any atom is -0.495 e. The average molecular weight is 221 g/mol. The molecule has 70 valence electrons. The molecular weight excluding hydrogens is 214 g/mol. The number of thiophene rings is 1. The zero-order chi connectivity index (χ0) is 10.1. The van der Waals surface area contributed by atoms with Gasteiger partial charge < -0.3 is 4.74 Å². The number of thiol groups is 1. The van der Waals surface area contributed by atoms with Crippen molar-refractivity contribution in [3.63, 3.8) is 0 Å². The molecule has 0 N–H and O–H groups in total. The van der Waals surface area contributed by atoms with Crippen molar-refractivity contribution in [2.75, 3.05) is 7.11 Å². The van der Waals surface area contributed by atoms with Gasteiger partial charge in [-0.2, -0.15) is 5.26 Å². The van der Waals surface area contributed by atoms with Crippen molar-refractivity contribution < 1.29 is 4.74 Å². The third-order valence-electron chi connectivity index (χ3n) is 2.02. The molecule has 0 unspecified atom stereocenters. The summed E-state index contributed by atoms with van der Waals surface area (Å²) >= 11 is 5.87. The van der Waals surface area contributed by atoms with Crippen LogP contribution < -0.4 is 4.74 Å². The van der Waals surface area contributed by atoms with E-state index in [1.165, 1.54) is 0 Å². The van der Waals surface area contributed by atoms with Crippen LogP contribution in [0.25, 0.3) is 10.1 Å². The highest BCUT2D eigenvalue weighted by molar-refractivity contribution is 7.80. The molecule has 0 saturated carbocycles. The summed E-state index contributed by atoms with van der Waals surface area (Å²) in [7, 11) is 1.64. The van der Waals surface area contributed by atoms with Crippen molar-refractivity contribution in [2.45, 2.75) is 4.90 Å². The normalized spacial score (nSPS) is 10.1. The highest BCUT2D eigenvalue weighted by Gasteiger charge is 2.09. The molecule has 1 aromatic carbocycles. The van der Waals surface area contributed by atoms with E-state index >= 15 is 0 Å². The molecule has 2 nitrogen and oxygen atoms in total. The van der Waals surface area contributed by atoms with Crippen LogP contribution in [0.2, 0.25) is 0 Å². The standard InChI is InChI=1S/C10H7NOS2/c1-12-8-5-14-10-7(8)3-2-6(4-11)9(10)13/h2-3,5,13H,1H3. The molecule has 1 aromatic heterocycles. The fourth-order valence-electron chi connectivity index (χ4n) is 1.31. The number of fused-ring (bicyclic) bond motifs is 1. The lowest BCUT2D eigenvalue weighted by Crippen LogP contribution is -1.81. The van der Waals surface area contributed by atoms with Gasteiger partial charge in [0.1, 0.15) is 11.8 Å². The van der Waals surface area contributed by atoms with Crippen LogP contribution in [0, 0.1) is 11.3 Å². The summed E-state index contributed by atoms with van der Waals surface area (Å²) in [4.78, 5) is 0.735. The molecule has 0 aliphatic rings. The van der Waals surface area contributed by atoms with Crippen molar-refractivity contribution in [3.05, 3.63) is 23.1 Å². The molecule has 0 radical (unpaired) electrons. The molecule has 0 saturated heterocycles. The van der Waals surface area contributed by atoms with Crippen molar-refractivity contribution in [3.8, 4) is 11.8 Å². The number of hydrogen-bond donors (Lipinski definition) is 1. The van der Waals surface area contributed by atoms with Crippen LogP contribution in [-0.2, 0) is 0 Å². The van der Waals surface area contributed by atoms with Gasteiger partial charge in [-0.3, -0.25) is 0 Å². The van der Waals surface area contributed by atoms with E-state index in [1.807, 2.05) is 11.4 Å². The molecule has 0 aliphatic heterocycles. The van der Waals surface area contributed by atoms with Crippen LogP contribution in [0.15, 0.2) is 22.4 Å². The number of hydrogen-bond acceptors (Lipinski definition) is 4. The van der Waals surface area contributed by atoms with E-state index in [4.69, 9.17) is 10.00 Å². The second kappa shape index (κ2) is 3.52. The van der Waals surface area contributed by atoms with Crippen LogP contribution in [0.4, 0.5) is 0 Å². The van der Waals surface area contributed by atoms with E-state index in [2.05, 4.69) is 18.7 Å². The quantitative estimate of drug-likeness (QED) is 0.751. The minimum absolute atomic E-state index is 0.602. The second-order valence-electron chi connectivity index (χ2n) is 2.75. The van der Waals surface area contributed by atoms with Crippen molar-refractivity contribution >= 4 is 34.1 Å². The predicted molar refractivity (Wildman–Crippen MR) is 60.3 cm³/mol. The largest absolute Gasteiger partial charge is 0.495 e. The molecule has 0 fully saturated rings. The Kier molecular flexibility index (Phi) is 2.36. The first kappa shape index (κ1) is 9.38. The first-order valence-corrected chi connectivity index (χ1v) is 5.28. The molecular formula is C10H7NOS2. The van der Waals surface area contributed by atoms with E-state index in [1.54, 1.807) is 24.5 Å². The lowest BCUT2D eigenvalue weighted by Gasteiger charge is -1.99. The Morgan fingerprint density at radius 3 is 2.93 bits per heavy atom. The maximum atomic E-state index is 8.82. The Hall–Kier alpha value is -1.18. The van der Waals surface area contributed by atoms with E-state index in [-0.39, 0.29) is 0 Å². The average Bonchev–Trinajstić information content (AvgIpc) is 2.62. The number of nitrogens with zero attached hydrogens (tertiary/aromatic N) is 1. The molecule has 0 amide bonds. The van der Waals surface area contributed by atoms with Crippen molar-refractivity contribution in [2.24, 2.45) is 0 Å². The van der Waals surface area contributed by atoms with Crippen LogP contribution >= 0.6 is 24.0 Å². The zero-order valence-corrected chi connectivity index (χ0v) is 9.15. The van der Waals surface area contributed by atoms with Gasteiger partial charge in [0.2, 0.25) is 0 Å². The number of nitriles is 1. The summed E-state index contributed by atoms with van der Waals surface area (Å²) in [5.74, 6) is 0.838. The van der Waals surface area contributed by atoms with Gasteiger partial charge in [0.15, 0.2) is 0 Å². The highest BCUT2D eigenvalue weighted by atomic mass is 32.1. The van der Waals surface area contributed by atoms with E-state index < -0.39 is 0 Å². The summed E-state index contributed by atoms with van der Waals surface area (Å²) in [5.41, 5.74) is 0.602. The minimum atomic E-state index is 0.602. The molecule has 2 aromatic rings. The SMILES string of the molecule is COc1csc2c(S)c(C#N)ccc12. The molecule has 2 rings (SSSR count). The van der Waals surface area contributed by atoms with Gasteiger partial charge in [-0.1, -0.05) is 0 Å². The zero-order valence-electron chi connectivity index (χ0n) is 7.44. The summed E-state index contributed by atoms with van der Waals surface area (Å²) < 4.78 is 6.19. The van der Waals surface area contributed by atoms with Crippen molar-refractivity contribution in [1.82, 2.24) is 0 Å². The van der Waals surface area contributed by atoms with Crippen LogP contribution in [-0.4, -0.2) is 7.11 Å². The molecule has 0 aliphatic carbocycles. The fourth-order valence-corrected chi connectivity index (χ4v) is 2.68. The Labute approximate surface area is 91.1 Å². The highest BCUT2D eigenvalue weighted by Crippen LogP contribution is 2.37. The lowest BCUT2D eigenvalue weighted by atomic mass is 10.2. The lowest BCUT2D eigenvalue weighted by molar-refractivity contribution is 0.421. The van der Waals surface area contributed by atoms with Crippen LogP contribution in [0.1, 0.15) is 5.56 Å². The van der Waals surface area contributed by atoms with E-state index in [0.29, 0.717) is 5.56 Å². The monoisotopic (exact) mass is 221 g/mol. The first-order valence-electron chi connectivity index (χ1n) is 3.95. The summed E-state index contributed by atoms with van der Waals surface area (Å²) in [5, 5.41) is 11.8. The van der Waals surface area contributed by atoms with Gasteiger partial charge in [-0.15, -0.1) is 24.0 Å². The Bertz CT molecular complexity index is 525. The molecule has 4 heteroatoms. The van der Waals surface area contributed by atoms with Gasteiger partial charge in [0.05, 0.1) is 17.4 Å². The summed E-state index contributed by atoms with van der Waals surface area (Å²) in [6, 6.07) is 5.76. The Morgan fingerprint density at radius 2 is 2.29 bits per heavy atom. The molecule has 14 heavy (non-hydrogen) atoms. The number of ether oxygens (including phenoxy) is 1. The van der Waals surface area contributed by atoms with Crippen LogP contribution in [0.5, 0.6) is 5.75 Å². The van der Waals surface area contributed by atoms with E-state index in [9.17, 15) is 0 Å². The summed E-state index contributed by atoms with van der Waals surface area (Å²) in [6.07, 6.45) is 0. The maximum Gasteiger partial charge on any atom is 0.137 e. The maximum absolute atomic E-state index is 8.82. The van der Waals surface area contributed by atoms with Gasteiger partial charge in [-0.05, 0) is 12.1 Å². The van der Waals surface area contributed by atoms with Crippen LogP contribution in [0.3, 0.4) is 0 Å². The smallest absolute Gasteiger partial charge is 0.137 e. The number of benzene rings is 1. The molecule has 1 heterocycles. The Balaban J connectivity index is 2.80. The summed E-state index contributed by atoms with van der Waals surface area (Å²) in [6.45, 7) is 0. The third-order valence-corrected chi connectivity index (χ3v) is 3.63. The van der Waals surface area contributed by atoms with E-state index in [0.717, 1.165) is 20.7 Å². The number of methoxy groups -OCH3 is 1. The van der Waals surface area contributed by atoms with Gasteiger partial charge in [0.25, 0.3) is 0 Å². The predicted octanol–water partition coefficient (Wildman–Crippen LogP) is 3.07. The number of rotatable bonds is 1.